The molecule has 0 aliphatic carbocycles. The van der Waals surface area contributed by atoms with Crippen LogP contribution in [-0.4, -0.2) is 40.9 Å². The zero-order chi connectivity index (χ0) is 15.4. The van der Waals surface area contributed by atoms with Crippen molar-refractivity contribution in [2.24, 2.45) is 0 Å². The number of carbonyl (C=O) groups excluding carboxylic acids is 1. The van der Waals surface area contributed by atoms with Crippen LogP contribution < -0.4 is 5.32 Å². The Labute approximate surface area is 121 Å². The van der Waals surface area contributed by atoms with E-state index in [2.05, 4.69) is 10.3 Å². The van der Waals surface area contributed by atoms with Gasteiger partial charge < -0.3 is 10.2 Å². The quantitative estimate of drug-likeness (QED) is 0.671. The largest absolute Gasteiger partial charge is 0.376 e. The summed E-state index contributed by atoms with van der Waals surface area (Å²) in [4.78, 5) is 28.0. The normalized spacial score (nSPS) is 10.4. The van der Waals surface area contributed by atoms with Crippen LogP contribution in [0.2, 0.25) is 0 Å². The number of hydrogen-bond donors (Lipinski definition) is 1. The Morgan fingerprint density at radius 1 is 1.43 bits per heavy atom. The van der Waals surface area contributed by atoms with Gasteiger partial charge in [-0.15, -0.1) is 0 Å². The summed E-state index contributed by atoms with van der Waals surface area (Å²) >= 11 is 0. The second-order valence-electron chi connectivity index (χ2n) is 4.55. The average Bonchev–Trinajstić information content (AvgIpc) is 2.51. The molecule has 110 valence electrons. The summed E-state index contributed by atoms with van der Waals surface area (Å²) in [5.74, 6) is -0.0482. The van der Waals surface area contributed by atoms with Crippen molar-refractivity contribution in [2.45, 2.75) is 6.92 Å². The SMILES string of the molecule is CCN(C)C(=O)CNc1ccc([N+](=O)[O-])c2ncccc12. The summed E-state index contributed by atoms with van der Waals surface area (Å²) in [6, 6.07) is 6.44. The van der Waals surface area contributed by atoms with Crippen LogP contribution in [0.15, 0.2) is 30.5 Å². The van der Waals surface area contributed by atoms with Gasteiger partial charge in [0.1, 0.15) is 5.52 Å². The number of pyridine rings is 1. The third kappa shape index (κ3) is 3.07. The Morgan fingerprint density at radius 2 is 2.19 bits per heavy atom. The second kappa shape index (κ2) is 6.17. The molecule has 1 amide bonds. The van der Waals surface area contributed by atoms with Crippen molar-refractivity contribution < 1.29 is 9.72 Å². The number of likely N-dealkylation sites (N-methyl/N-ethyl adjacent to an activating group) is 1. The Bertz CT molecular complexity index is 687. The number of non-ortho nitro benzene ring substituents is 1. The predicted octanol–water partition coefficient (Wildman–Crippen LogP) is 2.03. The van der Waals surface area contributed by atoms with Crippen LogP contribution in [0.1, 0.15) is 6.92 Å². The molecule has 0 radical (unpaired) electrons. The Balaban J connectivity index is 2.32. The van der Waals surface area contributed by atoms with E-state index in [1.807, 2.05) is 6.92 Å². The number of benzene rings is 1. The molecule has 0 aliphatic rings. The lowest BCUT2D eigenvalue weighted by atomic mass is 10.1. The van der Waals surface area contributed by atoms with Gasteiger partial charge in [-0.05, 0) is 25.1 Å². The van der Waals surface area contributed by atoms with Crippen molar-refractivity contribution in [3.63, 3.8) is 0 Å². The minimum Gasteiger partial charge on any atom is -0.376 e. The predicted molar refractivity (Wildman–Crippen MR) is 80.2 cm³/mol. The van der Waals surface area contributed by atoms with Crippen LogP contribution >= 0.6 is 0 Å². The van der Waals surface area contributed by atoms with Crippen LogP contribution in [0, 0.1) is 10.1 Å². The summed E-state index contributed by atoms with van der Waals surface area (Å²) in [7, 11) is 1.72. The number of aromatic nitrogens is 1. The molecule has 0 fully saturated rings. The van der Waals surface area contributed by atoms with E-state index >= 15 is 0 Å². The zero-order valence-electron chi connectivity index (χ0n) is 11.9. The summed E-state index contributed by atoms with van der Waals surface area (Å²) in [5.41, 5.74) is 0.915. The topological polar surface area (TPSA) is 88.4 Å². The fraction of sp³-hybridized carbons (Fsp3) is 0.286. The number of anilines is 1. The van der Waals surface area contributed by atoms with Crippen molar-refractivity contribution in [3.05, 3.63) is 40.6 Å². The van der Waals surface area contributed by atoms with Crippen molar-refractivity contribution >= 4 is 28.2 Å². The van der Waals surface area contributed by atoms with E-state index in [1.165, 1.54) is 12.3 Å². The first-order valence-corrected chi connectivity index (χ1v) is 6.54. The third-order valence-electron chi connectivity index (χ3n) is 3.28. The maximum absolute atomic E-state index is 11.8. The van der Waals surface area contributed by atoms with E-state index in [-0.39, 0.29) is 18.1 Å². The standard InChI is InChI=1S/C14H16N4O3/c1-3-17(2)13(19)9-16-11-6-7-12(18(20)21)14-10(11)5-4-8-15-14/h4-8,16H,3,9H2,1-2H3. The lowest BCUT2D eigenvalue weighted by Gasteiger charge is -2.16. The molecular formula is C14H16N4O3. The molecule has 0 unspecified atom stereocenters. The van der Waals surface area contributed by atoms with Crippen LogP contribution in [0.5, 0.6) is 0 Å². The lowest BCUT2D eigenvalue weighted by molar-refractivity contribution is -0.383. The molecule has 0 atom stereocenters. The van der Waals surface area contributed by atoms with E-state index in [9.17, 15) is 14.9 Å². The molecule has 7 nitrogen and oxygen atoms in total. The minimum atomic E-state index is -0.463. The van der Waals surface area contributed by atoms with Gasteiger partial charge in [-0.2, -0.15) is 0 Å². The number of fused-ring (bicyclic) bond motifs is 1. The first kappa shape index (κ1) is 14.7. The van der Waals surface area contributed by atoms with Gasteiger partial charge in [0, 0.05) is 36.9 Å². The first-order valence-electron chi connectivity index (χ1n) is 6.54. The number of nitrogens with one attached hydrogen (secondary N) is 1. The smallest absolute Gasteiger partial charge is 0.295 e. The van der Waals surface area contributed by atoms with E-state index < -0.39 is 4.92 Å². The molecule has 0 saturated heterocycles. The van der Waals surface area contributed by atoms with E-state index in [4.69, 9.17) is 0 Å². The van der Waals surface area contributed by atoms with Crippen molar-refractivity contribution in [2.75, 3.05) is 25.5 Å². The highest BCUT2D eigenvalue weighted by molar-refractivity contribution is 5.97. The minimum absolute atomic E-state index is 0.0480. The van der Waals surface area contributed by atoms with Crippen LogP contribution in [0.4, 0.5) is 11.4 Å². The maximum atomic E-state index is 11.8. The van der Waals surface area contributed by atoms with Gasteiger partial charge in [0.25, 0.3) is 5.69 Å². The number of nitro groups is 1. The molecule has 1 aromatic carbocycles. The molecule has 0 aliphatic heterocycles. The van der Waals surface area contributed by atoms with Gasteiger partial charge in [0.05, 0.1) is 11.5 Å². The molecule has 0 saturated carbocycles. The van der Waals surface area contributed by atoms with E-state index in [0.717, 1.165) is 0 Å². The molecule has 1 heterocycles. The maximum Gasteiger partial charge on any atom is 0.295 e. The highest BCUT2D eigenvalue weighted by Crippen LogP contribution is 2.29. The lowest BCUT2D eigenvalue weighted by Crippen LogP contribution is -2.31. The van der Waals surface area contributed by atoms with Crippen molar-refractivity contribution in [3.8, 4) is 0 Å². The highest BCUT2D eigenvalue weighted by Gasteiger charge is 2.15. The molecule has 2 aromatic rings. The molecule has 0 spiro atoms. The fourth-order valence-electron chi connectivity index (χ4n) is 1.94. The van der Waals surface area contributed by atoms with Gasteiger partial charge in [-0.1, -0.05) is 0 Å². The number of carbonyl (C=O) groups is 1. The van der Waals surface area contributed by atoms with E-state index in [1.54, 1.807) is 30.1 Å². The molecule has 1 N–H and O–H groups in total. The Morgan fingerprint density at radius 3 is 2.86 bits per heavy atom. The first-order chi connectivity index (χ1) is 10.0. The molecule has 2 rings (SSSR count). The summed E-state index contributed by atoms with van der Waals surface area (Å²) in [6.07, 6.45) is 1.51. The summed E-state index contributed by atoms with van der Waals surface area (Å²) < 4.78 is 0. The van der Waals surface area contributed by atoms with E-state index in [0.29, 0.717) is 23.1 Å². The van der Waals surface area contributed by atoms with Gasteiger partial charge >= 0.3 is 0 Å². The van der Waals surface area contributed by atoms with Crippen molar-refractivity contribution in [1.82, 2.24) is 9.88 Å². The van der Waals surface area contributed by atoms with Crippen LogP contribution in [0.3, 0.4) is 0 Å². The molecular weight excluding hydrogens is 272 g/mol. The summed E-state index contributed by atoms with van der Waals surface area (Å²) in [6.45, 7) is 2.65. The Kier molecular flexibility index (Phi) is 4.32. The van der Waals surface area contributed by atoms with Crippen LogP contribution in [0.25, 0.3) is 10.9 Å². The molecule has 7 heteroatoms. The average molecular weight is 288 g/mol. The second-order valence-corrected chi connectivity index (χ2v) is 4.55. The molecule has 21 heavy (non-hydrogen) atoms. The van der Waals surface area contributed by atoms with Crippen molar-refractivity contribution in [1.29, 1.82) is 0 Å². The van der Waals surface area contributed by atoms with Gasteiger partial charge in [-0.25, -0.2) is 4.98 Å². The highest BCUT2D eigenvalue weighted by atomic mass is 16.6. The van der Waals surface area contributed by atoms with Gasteiger partial charge in [0.2, 0.25) is 5.91 Å². The third-order valence-corrected chi connectivity index (χ3v) is 3.28. The fourth-order valence-corrected chi connectivity index (χ4v) is 1.94. The monoisotopic (exact) mass is 288 g/mol. The number of hydrogen-bond acceptors (Lipinski definition) is 5. The Hall–Kier alpha value is -2.70. The van der Waals surface area contributed by atoms with Gasteiger partial charge in [-0.3, -0.25) is 14.9 Å². The summed E-state index contributed by atoms with van der Waals surface area (Å²) in [5, 5.41) is 14.6. The number of nitro benzene ring substituents is 1. The number of nitrogens with zero attached hydrogens (tertiary/aromatic N) is 3. The number of amides is 1. The molecule has 1 aromatic heterocycles. The van der Waals surface area contributed by atoms with Gasteiger partial charge in [0.15, 0.2) is 0 Å². The zero-order valence-corrected chi connectivity index (χ0v) is 11.9. The van der Waals surface area contributed by atoms with Crippen LogP contribution in [-0.2, 0) is 4.79 Å². The molecule has 0 bridgehead atoms. The number of rotatable bonds is 5.